The normalized spacial score (nSPS) is 23.9. The monoisotopic (exact) mass is 235 g/mol. The number of nitrogens with one attached hydrogen (secondary N) is 1. The van der Waals surface area contributed by atoms with E-state index >= 15 is 0 Å². The maximum Gasteiger partial charge on any atom is 0.182 e. The molecule has 2 rings (SSSR count). The summed E-state index contributed by atoms with van der Waals surface area (Å²) in [7, 11) is 0. The third-order valence-corrected chi connectivity index (χ3v) is 3.70. The molecular weight excluding hydrogens is 217 g/mol. The van der Waals surface area contributed by atoms with Crippen molar-refractivity contribution < 1.29 is 9.18 Å². The SMILES string of the molecule is CCC1(C(=O)c2ccc(F)c(C)c2)CCCN1. The molecule has 0 aliphatic carbocycles. The fourth-order valence-electron chi connectivity index (χ4n) is 2.52. The summed E-state index contributed by atoms with van der Waals surface area (Å²) in [6.07, 6.45) is 2.68. The van der Waals surface area contributed by atoms with Crippen LogP contribution < -0.4 is 5.32 Å². The first-order valence-electron chi connectivity index (χ1n) is 6.15. The van der Waals surface area contributed by atoms with Crippen molar-refractivity contribution in [3.05, 3.63) is 35.1 Å². The number of ketones is 1. The van der Waals surface area contributed by atoms with Crippen LogP contribution in [0.25, 0.3) is 0 Å². The van der Waals surface area contributed by atoms with Gasteiger partial charge < -0.3 is 5.32 Å². The van der Waals surface area contributed by atoms with Gasteiger partial charge >= 0.3 is 0 Å². The maximum atomic E-state index is 13.2. The fraction of sp³-hybridized carbons (Fsp3) is 0.500. The quantitative estimate of drug-likeness (QED) is 0.816. The minimum Gasteiger partial charge on any atom is -0.305 e. The lowest BCUT2D eigenvalue weighted by Crippen LogP contribution is -2.47. The van der Waals surface area contributed by atoms with Crippen molar-refractivity contribution in [3.63, 3.8) is 0 Å². The predicted octanol–water partition coefficient (Wildman–Crippen LogP) is 2.85. The highest BCUT2D eigenvalue weighted by atomic mass is 19.1. The largest absolute Gasteiger partial charge is 0.305 e. The molecule has 17 heavy (non-hydrogen) atoms. The molecule has 1 heterocycles. The molecule has 1 aliphatic rings. The molecule has 92 valence electrons. The van der Waals surface area contributed by atoms with Crippen molar-refractivity contribution >= 4 is 5.78 Å². The summed E-state index contributed by atoms with van der Waals surface area (Å²) in [6, 6.07) is 4.61. The molecule has 1 aromatic rings. The van der Waals surface area contributed by atoms with Gasteiger partial charge in [-0.25, -0.2) is 4.39 Å². The molecule has 1 N–H and O–H groups in total. The second-order valence-corrected chi connectivity index (χ2v) is 4.76. The van der Waals surface area contributed by atoms with Gasteiger partial charge in [-0.05, 0) is 56.5 Å². The van der Waals surface area contributed by atoms with Gasteiger partial charge in [-0.3, -0.25) is 4.79 Å². The number of halogens is 1. The number of hydrogen-bond donors (Lipinski definition) is 1. The maximum absolute atomic E-state index is 13.2. The molecule has 1 unspecified atom stereocenters. The van der Waals surface area contributed by atoms with Gasteiger partial charge in [0.2, 0.25) is 0 Å². The third-order valence-electron chi connectivity index (χ3n) is 3.70. The Morgan fingerprint density at radius 1 is 1.53 bits per heavy atom. The number of carbonyl (C=O) groups excluding carboxylic acids is 1. The van der Waals surface area contributed by atoms with Crippen LogP contribution in [0.1, 0.15) is 42.1 Å². The van der Waals surface area contributed by atoms with Crippen LogP contribution in [-0.4, -0.2) is 17.9 Å². The van der Waals surface area contributed by atoms with E-state index in [1.54, 1.807) is 19.1 Å². The van der Waals surface area contributed by atoms with Crippen molar-refractivity contribution in [2.45, 2.75) is 38.6 Å². The van der Waals surface area contributed by atoms with Crippen molar-refractivity contribution in [3.8, 4) is 0 Å². The summed E-state index contributed by atoms with van der Waals surface area (Å²) >= 11 is 0. The lowest BCUT2D eigenvalue weighted by molar-refractivity contribution is 0.0863. The summed E-state index contributed by atoms with van der Waals surface area (Å²) in [5.74, 6) is -0.160. The van der Waals surface area contributed by atoms with Crippen LogP contribution in [-0.2, 0) is 0 Å². The Kier molecular flexibility index (Phi) is 3.29. The molecular formula is C14H18FNO. The smallest absolute Gasteiger partial charge is 0.182 e. The number of aryl methyl sites for hydroxylation is 1. The molecule has 1 saturated heterocycles. The Hall–Kier alpha value is -1.22. The van der Waals surface area contributed by atoms with Crippen molar-refractivity contribution in [2.75, 3.05) is 6.54 Å². The van der Waals surface area contributed by atoms with Gasteiger partial charge in [0.1, 0.15) is 5.82 Å². The fourth-order valence-corrected chi connectivity index (χ4v) is 2.52. The third kappa shape index (κ3) is 2.12. The van der Waals surface area contributed by atoms with Crippen LogP contribution in [0.5, 0.6) is 0 Å². The molecule has 0 saturated carbocycles. The zero-order valence-electron chi connectivity index (χ0n) is 10.3. The lowest BCUT2D eigenvalue weighted by Gasteiger charge is -2.26. The van der Waals surface area contributed by atoms with Crippen LogP contribution in [0.3, 0.4) is 0 Å². The van der Waals surface area contributed by atoms with Crippen molar-refractivity contribution in [2.24, 2.45) is 0 Å². The van der Waals surface area contributed by atoms with Crippen LogP contribution in [0.2, 0.25) is 0 Å². The number of Topliss-reactive ketones (excluding diaryl/α,β-unsaturated/α-hetero) is 1. The number of carbonyl (C=O) groups is 1. The highest BCUT2D eigenvalue weighted by molar-refractivity contribution is 6.03. The average molecular weight is 235 g/mol. The van der Waals surface area contributed by atoms with Gasteiger partial charge in [-0.2, -0.15) is 0 Å². The average Bonchev–Trinajstić information content (AvgIpc) is 2.81. The first kappa shape index (κ1) is 12.2. The van der Waals surface area contributed by atoms with Crippen LogP contribution in [0, 0.1) is 12.7 Å². The predicted molar refractivity (Wildman–Crippen MR) is 65.7 cm³/mol. The summed E-state index contributed by atoms with van der Waals surface area (Å²) in [4.78, 5) is 12.5. The zero-order valence-corrected chi connectivity index (χ0v) is 10.3. The number of hydrogen-bond acceptors (Lipinski definition) is 2. The number of rotatable bonds is 3. The van der Waals surface area contributed by atoms with Gasteiger partial charge in [0.25, 0.3) is 0 Å². The summed E-state index contributed by atoms with van der Waals surface area (Å²) in [6.45, 7) is 4.60. The molecule has 3 heteroatoms. The van der Waals surface area contributed by atoms with E-state index < -0.39 is 5.54 Å². The highest BCUT2D eigenvalue weighted by Crippen LogP contribution is 2.27. The Morgan fingerprint density at radius 3 is 2.82 bits per heavy atom. The number of benzene rings is 1. The van der Waals surface area contributed by atoms with E-state index in [9.17, 15) is 9.18 Å². The van der Waals surface area contributed by atoms with E-state index in [1.165, 1.54) is 6.07 Å². The summed E-state index contributed by atoms with van der Waals surface area (Å²) in [5.41, 5.74) is 0.713. The summed E-state index contributed by atoms with van der Waals surface area (Å²) < 4.78 is 13.2. The van der Waals surface area contributed by atoms with E-state index in [1.807, 2.05) is 6.92 Å². The Labute approximate surface area is 101 Å². The van der Waals surface area contributed by atoms with Crippen molar-refractivity contribution in [1.29, 1.82) is 0 Å². The highest BCUT2D eigenvalue weighted by Gasteiger charge is 2.39. The van der Waals surface area contributed by atoms with E-state index in [0.717, 1.165) is 25.8 Å². The van der Waals surface area contributed by atoms with Crippen LogP contribution >= 0.6 is 0 Å². The van der Waals surface area contributed by atoms with Gasteiger partial charge in [0.05, 0.1) is 5.54 Å². The first-order chi connectivity index (χ1) is 8.09. The van der Waals surface area contributed by atoms with E-state index in [0.29, 0.717) is 11.1 Å². The minimum absolute atomic E-state index is 0.0978. The van der Waals surface area contributed by atoms with Crippen LogP contribution in [0.4, 0.5) is 4.39 Å². The first-order valence-corrected chi connectivity index (χ1v) is 6.15. The molecule has 2 nitrogen and oxygen atoms in total. The molecule has 0 bridgehead atoms. The second kappa shape index (κ2) is 4.57. The Bertz CT molecular complexity index is 436. The zero-order chi connectivity index (χ0) is 12.5. The summed E-state index contributed by atoms with van der Waals surface area (Å²) in [5, 5.41) is 3.31. The minimum atomic E-state index is -0.426. The van der Waals surface area contributed by atoms with Crippen molar-refractivity contribution in [1.82, 2.24) is 5.32 Å². The molecule has 0 spiro atoms. The molecule has 0 aromatic heterocycles. The molecule has 1 aromatic carbocycles. The van der Waals surface area contributed by atoms with E-state index in [-0.39, 0.29) is 11.6 Å². The topological polar surface area (TPSA) is 29.1 Å². The van der Waals surface area contributed by atoms with Gasteiger partial charge in [-0.15, -0.1) is 0 Å². The molecule has 1 aliphatic heterocycles. The van der Waals surface area contributed by atoms with E-state index in [2.05, 4.69) is 5.32 Å². The van der Waals surface area contributed by atoms with Gasteiger partial charge in [-0.1, -0.05) is 6.92 Å². The molecule has 1 atom stereocenters. The van der Waals surface area contributed by atoms with Crippen LogP contribution in [0.15, 0.2) is 18.2 Å². The van der Waals surface area contributed by atoms with E-state index in [4.69, 9.17) is 0 Å². The molecule has 1 fully saturated rings. The standard InChI is InChI=1S/C14H18FNO/c1-3-14(7-4-8-16-14)13(17)11-5-6-12(15)10(2)9-11/h5-6,9,16H,3-4,7-8H2,1-2H3. The van der Waals surface area contributed by atoms with Gasteiger partial charge in [0, 0.05) is 5.56 Å². The second-order valence-electron chi connectivity index (χ2n) is 4.76. The lowest BCUT2D eigenvalue weighted by atomic mass is 9.85. The Balaban J connectivity index is 2.32. The van der Waals surface area contributed by atoms with Gasteiger partial charge in [0.15, 0.2) is 5.78 Å². The molecule has 0 radical (unpaired) electrons. The Morgan fingerprint density at radius 2 is 2.29 bits per heavy atom. The molecule has 0 amide bonds.